The molecule has 2 saturated heterocycles. The highest BCUT2D eigenvalue weighted by Gasteiger charge is 2.53. The van der Waals surface area contributed by atoms with Crippen molar-refractivity contribution < 1.29 is 4.79 Å². The van der Waals surface area contributed by atoms with Crippen LogP contribution in [0.2, 0.25) is 0 Å². The quantitative estimate of drug-likeness (QED) is 0.607. The number of nitrogens with two attached hydrogens (primary N) is 2. The van der Waals surface area contributed by atoms with Crippen LogP contribution in [0.1, 0.15) is 24.8 Å². The molecule has 0 unspecified atom stereocenters. The number of nitrogens with one attached hydrogen (secondary N) is 1. The number of rotatable bonds is 6. The molecule has 2 amide bonds. The van der Waals surface area contributed by atoms with Crippen molar-refractivity contribution in [2.45, 2.75) is 31.8 Å². The smallest absolute Gasteiger partial charge is 0.330 e. The van der Waals surface area contributed by atoms with Crippen LogP contribution in [-0.2, 0) is 6.54 Å². The first kappa shape index (κ1) is 22.1. The average molecular weight is 452 g/mol. The van der Waals surface area contributed by atoms with E-state index in [2.05, 4.69) is 27.3 Å². The van der Waals surface area contributed by atoms with Gasteiger partial charge in [-0.2, -0.15) is 4.98 Å². The van der Waals surface area contributed by atoms with E-state index in [0.29, 0.717) is 43.4 Å². The highest BCUT2D eigenvalue weighted by Crippen LogP contribution is 2.44. The van der Waals surface area contributed by atoms with Gasteiger partial charge in [0, 0.05) is 45.0 Å². The van der Waals surface area contributed by atoms with Gasteiger partial charge >= 0.3 is 11.7 Å². The predicted octanol–water partition coefficient (Wildman–Crippen LogP) is 1.21. The first-order valence-electron chi connectivity index (χ1n) is 11.9. The van der Waals surface area contributed by atoms with Crippen LogP contribution >= 0.6 is 0 Å². The zero-order chi connectivity index (χ0) is 22.9. The van der Waals surface area contributed by atoms with Gasteiger partial charge in [0.25, 0.3) is 0 Å². The van der Waals surface area contributed by atoms with Crippen molar-refractivity contribution in [3.63, 3.8) is 0 Å². The Morgan fingerprint density at radius 2 is 1.79 bits per heavy atom. The molecule has 3 atom stereocenters. The van der Waals surface area contributed by atoms with Crippen molar-refractivity contribution in [3.05, 3.63) is 52.6 Å². The third kappa shape index (κ3) is 4.80. The van der Waals surface area contributed by atoms with Gasteiger partial charge in [-0.3, -0.25) is 14.8 Å². The zero-order valence-corrected chi connectivity index (χ0v) is 18.9. The Bertz CT molecular complexity index is 1030. The number of urea groups is 1. The van der Waals surface area contributed by atoms with Gasteiger partial charge in [-0.05, 0) is 67.3 Å². The maximum absolute atomic E-state index is 12.6. The number of carbonyl (C=O) groups is 1. The molecule has 5 N–H and O–H groups in total. The Balaban J connectivity index is 1.17. The van der Waals surface area contributed by atoms with Gasteiger partial charge in [-0.1, -0.05) is 12.1 Å². The summed E-state index contributed by atoms with van der Waals surface area (Å²) in [4.78, 5) is 33.4. The lowest BCUT2D eigenvalue weighted by molar-refractivity contribution is 0.180. The van der Waals surface area contributed by atoms with Crippen molar-refractivity contribution in [1.82, 2.24) is 19.4 Å². The molecule has 33 heavy (non-hydrogen) atoms. The minimum absolute atomic E-state index is 0.212. The molecule has 3 aliphatic rings. The van der Waals surface area contributed by atoms with Crippen molar-refractivity contribution in [1.29, 1.82) is 0 Å². The van der Waals surface area contributed by atoms with E-state index in [4.69, 9.17) is 11.5 Å². The lowest BCUT2D eigenvalue weighted by Crippen LogP contribution is -2.41. The highest BCUT2D eigenvalue weighted by molar-refractivity contribution is 5.88. The number of amides is 2. The van der Waals surface area contributed by atoms with E-state index in [1.54, 1.807) is 17.2 Å². The number of carbonyl (C=O) groups excluding carboxylic acids is 1. The molecule has 2 aliphatic heterocycles. The molecule has 176 valence electrons. The summed E-state index contributed by atoms with van der Waals surface area (Å²) in [6, 6.07) is 9.83. The number of fused-ring (bicyclic) bond motifs is 1. The molecular weight excluding hydrogens is 418 g/mol. The Morgan fingerprint density at radius 3 is 2.42 bits per heavy atom. The molecule has 1 aliphatic carbocycles. The minimum Gasteiger partial charge on any atom is -0.330 e. The molecular formula is C24H33N7O2. The molecule has 0 spiro atoms. The fourth-order valence-corrected chi connectivity index (χ4v) is 5.33. The third-order valence-electron chi connectivity index (χ3n) is 7.47. The van der Waals surface area contributed by atoms with Gasteiger partial charge < -0.3 is 16.4 Å². The Hall–Kier alpha value is -2.75. The van der Waals surface area contributed by atoms with Crippen LogP contribution in [0.25, 0.3) is 5.69 Å². The van der Waals surface area contributed by atoms with E-state index in [0.717, 1.165) is 44.6 Å². The first-order valence-corrected chi connectivity index (χ1v) is 11.9. The van der Waals surface area contributed by atoms with Gasteiger partial charge in [-0.15, -0.1) is 0 Å². The van der Waals surface area contributed by atoms with E-state index in [1.165, 1.54) is 10.1 Å². The fourth-order valence-electron chi connectivity index (χ4n) is 5.33. The summed E-state index contributed by atoms with van der Waals surface area (Å²) < 4.78 is 1.49. The fraction of sp³-hybridized carbons (Fsp3) is 0.542. The Morgan fingerprint density at radius 1 is 1.09 bits per heavy atom. The van der Waals surface area contributed by atoms with Crippen molar-refractivity contribution in [2.24, 2.45) is 29.2 Å². The van der Waals surface area contributed by atoms with Crippen LogP contribution in [0.3, 0.4) is 0 Å². The molecule has 1 saturated carbocycles. The molecule has 3 heterocycles. The van der Waals surface area contributed by atoms with Crippen LogP contribution in [0.5, 0.6) is 0 Å². The number of benzene rings is 1. The molecule has 1 aromatic heterocycles. The standard InChI is InChI=1S/C24H33N7O2/c25-9-5-16-6-10-30(11-7-16)23(32)27-21-8-12-31(24(33)28-21)18-3-1-17(2-4-18)13-29-14-19-20(15-29)22(19)26/h1-4,8,12,16,19-20,22H,5-7,9-11,13-15,25-26H2,(H,27,28,32,33)/t19-,20+,22+. The van der Waals surface area contributed by atoms with Crippen LogP contribution in [0, 0.1) is 17.8 Å². The van der Waals surface area contributed by atoms with Crippen LogP contribution in [0.4, 0.5) is 10.6 Å². The second-order valence-corrected chi connectivity index (χ2v) is 9.67. The lowest BCUT2D eigenvalue weighted by Gasteiger charge is -2.31. The lowest BCUT2D eigenvalue weighted by atomic mass is 9.94. The summed E-state index contributed by atoms with van der Waals surface area (Å²) in [6.45, 7) is 5.15. The topological polar surface area (TPSA) is 123 Å². The van der Waals surface area contributed by atoms with Gasteiger partial charge in [-0.25, -0.2) is 9.59 Å². The van der Waals surface area contributed by atoms with Crippen LogP contribution in [-0.4, -0.2) is 64.1 Å². The molecule has 1 aromatic carbocycles. The number of anilines is 1. The zero-order valence-electron chi connectivity index (χ0n) is 18.9. The summed E-state index contributed by atoms with van der Waals surface area (Å²) in [7, 11) is 0. The Labute approximate surface area is 193 Å². The summed E-state index contributed by atoms with van der Waals surface area (Å²) in [6.07, 6.45) is 4.58. The average Bonchev–Trinajstić information content (AvgIpc) is 3.20. The van der Waals surface area contributed by atoms with E-state index >= 15 is 0 Å². The van der Waals surface area contributed by atoms with E-state index in [-0.39, 0.29) is 11.8 Å². The Kier molecular flexibility index (Phi) is 6.18. The number of piperidine rings is 2. The van der Waals surface area contributed by atoms with Gasteiger partial charge in [0.15, 0.2) is 0 Å². The molecule has 9 nitrogen and oxygen atoms in total. The molecule has 5 rings (SSSR count). The summed E-state index contributed by atoms with van der Waals surface area (Å²) in [5.74, 6) is 2.21. The number of likely N-dealkylation sites (tertiary alicyclic amines) is 2. The first-order chi connectivity index (χ1) is 16.0. The minimum atomic E-state index is -0.421. The van der Waals surface area contributed by atoms with Crippen molar-refractivity contribution >= 4 is 11.8 Å². The number of aromatic nitrogens is 2. The van der Waals surface area contributed by atoms with Crippen molar-refractivity contribution in [2.75, 3.05) is 38.0 Å². The summed E-state index contributed by atoms with van der Waals surface area (Å²) >= 11 is 0. The van der Waals surface area contributed by atoms with Crippen LogP contribution < -0.4 is 22.5 Å². The normalized spacial score (nSPS) is 25.2. The predicted molar refractivity (Wildman–Crippen MR) is 127 cm³/mol. The van der Waals surface area contributed by atoms with E-state index in [1.807, 2.05) is 12.1 Å². The maximum atomic E-state index is 12.6. The third-order valence-corrected chi connectivity index (χ3v) is 7.47. The monoisotopic (exact) mass is 451 g/mol. The summed E-state index contributed by atoms with van der Waals surface area (Å²) in [5.41, 5.74) is 13.2. The molecule has 9 heteroatoms. The second kappa shape index (κ2) is 9.24. The highest BCUT2D eigenvalue weighted by atomic mass is 16.2. The maximum Gasteiger partial charge on any atom is 0.354 e. The summed E-state index contributed by atoms with van der Waals surface area (Å²) in [5, 5.41) is 2.76. The molecule has 3 fully saturated rings. The molecule has 0 bridgehead atoms. The number of hydrogen-bond acceptors (Lipinski definition) is 6. The van der Waals surface area contributed by atoms with Gasteiger partial charge in [0.2, 0.25) is 0 Å². The van der Waals surface area contributed by atoms with E-state index in [9.17, 15) is 9.59 Å². The second-order valence-electron chi connectivity index (χ2n) is 9.67. The number of nitrogens with zero attached hydrogens (tertiary/aromatic N) is 4. The van der Waals surface area contributed by atoms with Gasteiger partial charge in [0.05, 0.1) is 5.69 Å². The largest absolute Gasteiger partial charge is 0.354 e. The van der Waals surface area contributed by atoms with E-state index < -0.39 is 5.69 Å². The van der Waals surface area contributed by atoms with Crippen molar-refractivity contribution in [3.8, 4) is 5.69 Å². The molecule has 0 radical (unpaired) electrons. The van der Waals surface area contributed by atoms with Gasteiger partial charge in [0.1, 0.15) is 5.82 Å². The number of hydrogen-bond donors (Lipinski definition) is 3. The van der Waals surface area contributed by atoms with Crippen LogP contribution in [0.15, 0.2) is 41.3 Å². The SMILES string of the molecule is NCCC1CCN(C(=O)Nc2ccn(-c3ccc(CN4C[C@@H]5[C@@H](N)[C@@H]5C4)cc3)c(=O)n2)CC1. The molecule has 2 aromatic rings.